The molecular formula is C17H28ClN. The smallest absolute Gasteiger partial charge is 0.0438 e. The summed E-state index contributed by atoms with van der Waals surface area (Å²) in [7, 11) is 0. The fraction of sp³-hybridized carbons (Fsp3) is 0.647. The number of hydrogen-bond donors (Lipinski definition) is 1. The molecule has 108 valence electrons. The van der Waals surface area contributed by atoms with Crippen molar-refractivity contribution in [1.82, 2.24) is 5.32 Å². The quantitative estimate of drug-likeness (QED) is 0.758. The summed E-state index contributed by atoms with van der Waals surface area (Å²) in [6, 6.07) is 4.75. The Morgan fingerprint density at radius 1 is 1.16 bits per heavy atom. The van der Waals surface area contributed by atoms with Crippen LogP contribution < -0.4 is 5.32 Å². The van der Waals surface area contributed by atoms with Gasteiger partial charge in [0.2, 0.25) is 0 Å². The van der Waals surface area contributed by atoms with Crippen molar-refractivity contribution in [2.75, 3.05) is 6.54 Å². The maximum atomic E-state index is 6.21. The van der Waals surface area contributed by atoms with Gasteiger partial charge in [-0.05, 0) is 61.4 Å². The van der Waals surface area contributed by atoms with Crippen LogP contribution in [0.5, 0.6) is 0 Å². The lowest BCUT2D eigenvalue weighted by atomic mass is 9.84. The summed E-state index contributed by atoms with van der Waals surface area (Å²) in [6.07, 6.45) is 2.29. The average Bonchev–Trinajstić information content (AvgIpc) is 2.28. The van der Waals surface area contributed by atoms with E-state index in [0.717, 1.165) is 24.4 Å². The van der Waals surface area contributed by atoms with E-state index in [1.807, 2.05) is 0 Å². The van der Waals surface area contributed by atoms with Crippen LogP contribution in [0.3, 0.4) is 0 Å². The van der Waals surface area contributed by atoms with Crippen molar-refractivity contribution in [3.8, 4) is 0 Å². The predicted molar refractivity (Wildman–Crippen MR) is 86.0 cm³/mol. The van der Waals surface area contributed by atoms with Crippen LogP contribution in [0.4, 0.5) is 0 Å². The topological polar surface area (TPSA) is 12.0 Å². The zero-order chi connectivity index (χ0) is 14.6. The summed E-state index contributed by atoms with van der Waals surface area (Å²) in [5.41, 5.74) is 4.16. The van der Waals surface area contributed by atoms with E-state index in [1.165, 1.54) is 16.7 Å². The highest BCUT2D eigenvalue weighted by Crippen LogP contribution is 2.33. The molecule has 0 saturated carbocycles. The van der Waals surface area contributed by atoms with Crippen molar-refractivity contribution in [3.05, 3.63) is 33.8 Å². The lowest BCUT2D eigenvalue weighted by molar-refractivity contribution is 0.311. The third-order valence-corrected chi connectivity index (χ3v) is 3.79. The van der Waals surface area contributed by atoms with Crippen LogP contribution in [-0.2, 0) is 0 Å². The van der Waals surface area contributed by atoms with Crippen LogP contribution >= 0.6 is 11.6 Å². The molecule has 1 atom stereocenters. The molecule has 1 N–H and O–H groups in total. The van der Waals surface area contributed by atoms with E-state index in [1.54, 1.807) is 0 Å². The molecule has 1 aromatic carbocycles. The molecule has 1 nitrogen and oxygen atoms in total. The fourth-order valence-corrected chi connectivity index (χ4v) is 2.62. The molecule has 0 heterocycles. The van der Waals surface area contributed by atoms with Gasteiger partial charge in [-0.25, -0.2) is 0 Å². The molecule has 1 aromatic rings. The monoisotopic (exact) mass is 281 g/mol. The molecule has 0 fully saturated rings. The van der Waals surface area contributed by atoms with Crippen molar-refractivity contribution < 1.29 is 0 Å². The van der Waals surface area contributed by atoms with Gasteiger partial charge in [0.15, 0.2) is 0 Å². The molecular weight excluding hydrogens is 254 g/mol. The predicted octanol–water partition coefficient (Wildman–Crippen LogP) is 5.43. The molecule has 2 heteroatoms. The van der Waals surface area contributed by atoms with E-state index in [2.05, 4.69) is 59.0 Å². The molecule has 0 amide bonds. The van der Waals surface area contributed by atoms with Gasteiger partial charge in [0, 0.05) is 11.1 Å². The van der Waals surface area contributed by atoms with Gasteiger partial charge in [0.25, 0.3) is 0 Å². The third-order valence-electron chi connectivity index (χ3n) is 3.38. The van der Waals surface area contributed by atoms with Gasteiger partial charge in [0.05, 0.1) is 0 Å². The van der Waals surface area contributed by atoms with Crippen molar-refractivity contribution in [2.45, 2.75) is 60.4 Å². The Morgan fingerprint density at radius 2 is 1.79 bits per heavy atom. The Balaban J connectivity index is 3.06. The van der Waals surface area contributed by atoms with Crippen LogP contribution in [0, 0.1) is 19.3 Å². The highest BCUT2D eigenvalue weighted by atomic mass is 35.5. The van der Waals surface area contributed by atoms with Gasteiger partial charge in [0.1, 0.15) is 0 Å². The van der Waals surface area contributed by atoms with E-state index >= 15 is 0 Å². The maximum Gasteiger partial charge on any atom is 0.0438 e. The number of nitrogens with one attached hydrogen (secondary N) is 1. The first-order valence-corrected chi connectivity index (χ1v) is 7.62. The van der Waals surface area contributed by atoms with Crippen molar-refractivity contribution in [3.63, 3.8) is 0 Å². The molecule has 19 heavy (non-hydrogen) atoms. The number of halogens is 1. The molecule has 0 aromatic heterocycles. The van der Waals surface area contributed by atoms with Gasteiger partial charge >= 0.3 is 0 Å². The second kappa shape index (κ2) is 6.76. The van der Waals surface area contributed by atoms with Crippen molar-refractivity contribution >= 4 is 11.6 Å². The molecule has 0 spiro atoms. The average molecular weight is 282 g/mol. The van der Waals surface area contributed by atoms with E-state index in [0.29, 0.717) is 11.5 Å². The Kier molecular flexibility index (Phi) is 5.88. The standard InChI is InChI=1S/C17H28ClN/c1-7-8-19-16(11-17(4,5)6)14-9-13(3)15(18)10-12(14)2/h9-10,16,19H,7-8,11H2,1-6H3. The highest BCUT2D eigenvalue weighted by molar-refractivity contribution is 6.31. The van der Waals surface area contributed by atoms with Gasteiger partial charge in [-0.3, -0.25) is 0 Å². The Morgan fingerprint density at radius 3 is 2.32 bits per heavy atom. The zero-order valence-electron chi connectivity index (χ0n) is 13.2. The lowest BCUT2D eigenvalue weighted by Crippen LogP contribution is -2.27. The normalized spacial score (nSPS) is 13.6. The number of rotatable bonds is 5. The minimum absolute atomic E-state index is 0.311. The van der Waals surface area contributed by atoms with Gasteiger partial charge in [-0.2, -0.15) is 0 Å². The first-order valence-electron chi connectivity index (χ1n) is 7.24. The number of aryl methyl sites for hydroxylation is 2. The minimum atomic E-state index is 0.311. The van der Waals surface area contributed by atoms with Crippen LogP contribution in [-0.4, -0.2) is 6.54 Å². The maximum absolute atomic E-state index is 6.21. The fourth-order valence-electron chi connectivity index (χ4n) is 2.40. The van der Waals surface area contributed by atoms with E-state index < -0.39 is 0 Å². The summed E-state index contributed by atoms with van der Waals surface area (Å²) in [5, 5.41) is 4.55. The molecule has 0 bridgehead atoms. The Hall–Kier alpha value is -0.530. The van der Waals surface area contributed by atoms with Crippen LogP contribution in [0.1, 0.15) is 63.3 Å². The largest absolute Gasteiger partial charge is 0.310 e. The van der Waals surface area contributed by atoms with Crippen LogP contribution in [0.2, 0.25) is 5.02 Å². The third kappa shape index (κ3) is 5.16. The zero-order valence-corrected chi connectivity index (χ0v) is 14.0. The Bertz CT molecular complexity index is 418. The molecule has 0 aliphatic rings. The van der Waals surface area contributed by atoms with E-state index in [9.17, 15) is 0 Å². The summed E-state index contributed by atoms with van der Waals surface area (Å²) in [4.78, 5) is 0. The number of hydrogen-bond acceptors (Lipinski definition) is 1. The SMILES string of the molecule is CCCNC(CC(C)(C)C)c1cc(C)c(Cl)cc1C. The highest BCUT2D eigenvalue weighted by Gasteiger charge is 2.21. The molecule has 0 radical (unpaired) electrons. The van der Waals surface area contributed by atoms with Crippen molar-refractivity contribution in [1.29, 1.82) is 0 Å². The first kappa shape index (κ1) is 16.5. The van der Waals surface area contributed by atoms with E-state index in [4.69, 9.17) is 11.6 Å². The van der Waals surface area contributed by atoms with Crippen molar-refractivity contribution in [2.24, 2.45) is 5.41 Å². The minimum Gasteiger partial charge on any atom is -0.310 e. The molecule has 0 aliphatic carbocycles. The molecule has 1 rings (SSSR count). The van der Waals surface area contributed by atoms with Gasteiger partial charge < -0.3 is 5.32 Å². The molecule has 0 saturated heterocycles. The first-order chi connectivity index (χ1) is 8.74. The van der Waals surface area contributed by atoms with Crippen LogP contribution in [0.15, 0.2) is 12.1 Å². The van der Waals surface area contributed by atoms with E-state index in [-0.39, 0.29) is 0 Å². The second-order valence-electron chi connectivity index (χ2n) is 6.73. The lowest BCUT2D eigenvalue weighted by Gasteiger charge is -2.29. The summed E-state index contributed by atoms with van der Waals surface area (Å²) < 4.78 is 0. The van der Waals surface area contributed by atoms with Gasteiger partial charge in [-0.1, -0.05) is 45.4 Å². The second-order valence-corrected chi connectivity index (χ2v) is 7.14. The summed E-state index contributed by atoms with van der Waals surface area (Å²) >= 11 is 6.21. The Labute approximate surface area is 123 Å². The number of benzene rings is 1. The summed E-state index contributed by atoms with van der Waals surface area (Å²) in [6.45, 7) is 14.4. The molecule has 1 unspecified atom stereocenters. The molecule has 0 aliphatic heterocycles. The van der Waals surface area contributed by atoms with Crippen LogP contribution in [0.25, 0.3) is 0 Å². The van der Waals surface area contributed by atoms with Gasteiger partial charge in [-0.15, -0.1) is 0 Å². The summed E-state index contributed by atoms with van der Waals surface area (Å²) in [5.74, 6) is 0.